The normalized spacial score (nSPS) is 30.4. The molecule has 0 bridgehead atoms. The van der Waals surface area contributed by atoms with Crippen molar-refractivity contribution >= 4 is 39.7 Å². The molecule has 4 aliphatic rings. The second kappa shape index (κ2) is 12.8. The molecule has 2 aliphatic carbocycles. The van der Waals surface area contributed by atoms with Gasteiger partial charge >= 0.3 is 18.2 Å². The molecule has 45 heavy (non-hydrogen) atoms. The van der Waals surface area contributed by atoms with Crippen LogP contribution in [-0.2, 0) is 33.9 Å². The predicted molar refractivity (Wildman–Crippen MR) is 153 cm³/mol. The van der Waals surface area contributed by atoms with E-state index in [-0.39, 0.29) is 25.8 Å². The molecule has 0 radical (unpaired) electrons. The number of carbonyl (C=O) groups excluding carboxylic acids is 5. The highest BCUT2D eigenvalue weighted by Crippen LogP contribution is 2.46. The molecule has 2 aliphatic heterocycles. The number of halogens is 3. The van der Waals surface area contributed by atoms with Gasteiger partial charge in [-0.2, -0.15) is 13.2 Å². The second-order valence-corrected chi connectivity index (χ2v) is 15.1. The highest BCUT2D eigenvalue weighted by Gasteiger charge is 2.62. The summed E-state index contributed by atoms with van der Waals surface area (Å²) in [5.74, 6) is -5.59. The Morgan fingerprint density at radius 2 is 1.73 bits per heavy atom. The first kappa shape index (κ1) is 34.5. The van der Waals surface area contributed by atoms with Crippen LogP contribution in [0.15, 0.2) is 12.2 Å². The minimum Gasteiger partial charge on any atom is -0.444 e. The number of nitrogens with zero attached hydrogens (tertiary/aromatic N) is 1. The van der Waals surface area contributed by atoms with E-state index in [2.05, 4.69) is 15.4 Å². The highest BCUT2D eigenvalue weighted by molar-refractivity contribution is 7.91. The molecule has 0 aromatic heterocycles. The maximum absolute atomic E-state index is 13.8. The van der Waals surface area contributed by atoms with Crippen LogP contribution in [0.2, 0.25) is 0 Å². The summed E-state index contributed by atoms with van der Waals surface area (Å²) in [5, 5.41) is 6.26. The fraction of sp³-hybridized carbons (Fsp3) is 0.750. The Morgan fingerprint density at radius 3 is 2.36 bits per heavy atom. The molecule has 0 spiro atoms. The van der Waals surface area contributed by atoms with E-state index >= 15 is 0 Å². The summed E-state index contributed by atoms with van der Waals surface area (Å²) in [7, 11) is -3.96. The van der Waals surface area contributed by atoms with E-state index in [4.69, 9.17) is 4.74 Å². The zero-order chi connectivity index (χ0) is 33.4. The van der Waals surface area contributed by atoms with Crippen LogP contribution in [0.4, 0.5) is 18.0 Å². The summed E-state index contributed by atoms with van der Waals surface area (Å²) in [5.41, 5.74) is -2.51. The Morgan fingerprint density at radius 1 is 1.04 bits per heavy atom. The summed E-state index contributed by atoms with van der Waals surface area (Å²) < 4.78 is 72.0. The van der Waals surface area contributed by atoms with E-state index in [1.807, 2.05) is 0 Å². The predicted octanol–water partition coefficient (Wildman–Crippen LogP) is 1.53. The lowest BCUT2D eigenvalue weighted by Gasteiger charge is -2.30. The fourth-order valence-electron chi connectivity index (χ4n) is 5.62. The Balaban J connectivity index is 1.63. The van der Waals surface area contributed by atoms with E-state index in [1.165, 1.54) is 0 Å². The van der Waals surface area contributed by atoms with E-state index < -0.39 is 86.4 Å². The molecular weight excluding hydrogens is 623 g/mol. The van der Waals surface area contributed by atoms with E-state index in [1.54, 1.807) is 38.2 Å². The molecule has 13 nitrogen and oxygen atoms in total. The molecule has 5 atom stereocenters. The Kier molecular flexibility index (Phi) is 9.81. The monoisotopic (exact) mass is 663 g/mol. The molecule has 2 heterocycles. The zero-order valence-corrected chi connectivity index (χ0v) is 26.2. The van der Waals surface area contributed by atoms with Crippen LogP contribution < -0.4 is 20.7 Å². The molecule has 4 N–H and O–H groups in total. The third-order valence-corrected chi connectivity index (χ3v) is 9.98. The maximum Gasteiger partial charge on any atom is 0.471 e. The lowest BCUT2D eigenvalue weighted by Crippen LogP contribution is -2.58. The minimum atomic E-state index is -5.26. The molecule has 0 unspecified atom stereocenters. The van der Waals surface area contributed by atoms with Crippen LogP contribution in [0.1, 0.15) is 78.6 Å². The number of fused-ring (bicyclic) bond motifs is 2. The van der Waals surface area contributed by atoms with Gasteiger partial charge in [0.25, 0.3) is 5.91 Å². The van der Waals surface area contributed by atoms with E-state index in [9.17, 15) is 45.6 Å². The third kappa shape index (κ3) is 8.67. The molecular formula is C28H40F3N5O8S. The van der Waals surface area contributed by atoms with E-state index in [0.717, 1.165) is 4.90 Å². The number of sulfonamides is 1. The van der Waals surface area contributed by atoms with Crippen LogP contribution in [0.25, 0.3) is 0 Å². The number of alkyl carbamates (subject to hydrolysis) is 1. The van der Waals surface area contributed by atoms with Crippen LogP contribution in [0, 0.1) is 5.92 Å². The smallest absolute Gasteiger partial charge is 0.444 e. The number of carbonyl (C=O) groups is 5. The molecule has 0 aromatic carbocycles. The summed E-state index contributed by atoms with van der Waals surface area (Å²) >= 11 is 0. The lowest BCUT2D eigenvalue weighted by atomic mass is 10.0. The number of hydrogen-bond donors (Lipinski definition) is 4. The highest BCUT2D eigenvalue weighted by atomic mass is 32.2. The Bertz CT molecular complexity index is 1340. The number of ether oxygens (including phenoxy) is 1. The second-order valence-electron chi connectivity index (χ2n) is 13.1. The van der Waals surface area contributed by atoms with Gasteiger partial charge in [0, 0.05) is 12.5 Å². The number of nitrogens with one attached hydrogen (secondary N) is 4. The molecule has 0 aromatic rings. The van der Waals surface area contributed by atoms with Gasteiger partial charge in [-0.3, -0.25) is 23.9 Å². The van der Waals surface area contributed by atoms with Gasteiger partial charge < -0.3 is 25.6 Å². The van der Waals surface area contributed by atoms with Crippen molar-refractivity contribution < 1.29 is 50.3 Å². The molecule has 4 rings (SSSR count). The summed E-state index contributed by atoms with van der Waals surface area (Å²) in [4.78, 5) is 66.3. The number of allylic oxidation sites excluding steroid dienone is 1. The van der Waals surface area contributed by atoms with Crippen LogP contribution in [0.3, 0.4) is 0 Å². The third-order valence-electron chi connectivity index (χ3n) is 8.16. The summed E-state index contributed by atoms with van der Waals surface area (Å²) in [6, 6.07) is -3.86. The van der Waals surface area contributed by atoms with Gasteiger partial charge in [0.1, 0.15) is 23.2 Å². The molecule has 17 heteroatoms. The number of hydrogen-bond acceptors (Lipinski definition) is 8. The van der Waals surface area contributed by atoms with Crippen LogP contribution >= 0.6 is 0 Å². The van der Waals surface area contributed by atoms with Crippen molar-refractivity contribution in [1.82, 2.24) is 25.6 Å². The van der Waals surface area contributed by atoms with Crippen LogP contribution in [0.5, 0.6) is 0 Å². The first-order chi connectivity index (χ1) is 20.8. The average Bonchev–Trinajstić information content (AvgIpc) is 3.82. The fourth-order valence-corrected chi connectivity index (χ4v) is 6.98. The van der Waals surface area contributed by atoms with Crippen molar-refractivity contribution in [2.45, 2.75) is 119 Å². The minimum absolute atomic E-state index is 0.0891. The first-order valence-corrected chi connectivity index (χ1v) is 16.6. The topological polar surface area (TPSA) is 180 Å². The van der Waals surface area contributed by atoms with Crippen molar-refractivity contribution in [3.05, 3.63) is 12.2 Å². The molecule has 252 valence electrons. The Labute approximate surface area is 259 Å². The Hall–Kier alpha value is -3.37. The SMILES string of the molecule is CC(C)(C)OC(=O)N[C@@H]1C[C@H]2C(=O)N[C@]3(C(=O)NS(=O)(=O)C4CC4)C[C@@H]3/C=C\CCCCC[C@H](NC(=O)C(F)(F)F)C(=O)N2C1. The molecule has 3 fully saturated rings. The average molecular weight is 664 g/mol. The van der Waals surface area contributed by atoms with Gasteiger partial charge in [-0.1, -0.05) is 25.0 Å². The van der Waals surface area contributed by atoms with Crippen molar-refractivity contribution in [1.29, 1.82) is 0 Å². The summed E-state index contributed by atoms with van der Waals surface area (Å²) in [6.45, 7) is 4.59. The zero-order valence-electron chi connectivity index (χ0n) is 25.4. The largest absolute Gasteiger partial charge is 0.471 e. The molecule has 1 saturated heterocycles. The quantitative estimate of drug-likeness (QED) is 0.320. The lowest BCUT2D eigenvalue weighted by molar-refractivity contribution is -0.175. The van der Waals surface area contributed by atoms with Gasteiger partial charge in [0.15, 0.2) is 0 Å². The number of rotatable bonds is 5. The first-order valence-electron chi connectivity index (χ1n) is 15.0. The van der Waals surface area contributed by atoms with Crippen molar-refractivity contribution in [2.75, 3.05) is 6.54 Å². The van der Waals surface area contributed by atoms with E-state index in [0.29, 0.717) is 38.5 Å². The summed E-state index contributed by atoms with van der Waals surface area (Å²) in [6.07, 6.45) is -0.0884. The molecule has 5 amide bonds. The van der Waals surface area contributed by atoms with Crippen molar-refractivity contribution in [2.24, 2.45) is 5.92 Å². The molecule has 2 saturated carbocycles. The van der Waals surface area contributed by atoms with Gasteiger partial charge in [-0.15, -0.1) is 0 Å². The van der Waals surface area contributed by atoms with Crippen molar-refractivity contribution in [3.8, 4) is 0 Å². The maximum atomic E-state index is 13.8. The van der Waals surface area contributed by atoms with Crippen molar-refractivity contribution in [3.63, 3.8) is 0 Å². The van der Waals surface area contributed by atoms with Gasteiger partial charge in [-0.05, 0) is 65.7 Å². The number of amides is 5. The van der Waals surface area contributed by atoms with Gasteiger partial charge in [-0.25, -0.2) is 13.2 Å². The van der Waals surface area contributed by atoms with Crippen LogP contribution in [-0.4, -0.2) is 90.3 Å². The van der Waals surface area contributed by atoms with Gasteiger partial charge in [0.2, 0.25) is 21.8 Å². The number of alkyl halides is 3. The van der Waals surface area contributed by atoms with Gasteiger partial charge in [0.05, 0.1) is 11.3 Å². The standard InChI is InChI=1S/C28H40F3N5O8S/c1-26(2,3)44-25(41)32-17-13-20-21(37)34-27(23(39)35-45(42,43)18-11-12-18)14-16(27)9-7-5-4-6-8-10-19(22(38)36(20)15-17)33-24(40)28(29,30)31/h7,9,16-20H,4-6,8,10-15H2,1-3H3,(H,32,41)(H,33,40)(H,34,37)(H,35,39)/b9-7-/t16-,17+,19-,20-,27+/m0/s1.